The van der Waals surface area contributed by atoms with Gasteiger partial charge in [0.2, 0.25) is 0 Å². The molecule has 0 aromatic heterocycles. The van der Waals surface area contributed by atoms with E-state index < -0.39 is 0 Å². The molecule has 1 heterocycles. The smallest absolute Gasteiger partial charge is 0.407 e. The van der Waals surface area contributed by atoms with E-state index in [-0.39, 0.29) is 30.4 Å². The molecule has 4 rings (SSSR count). The van der Waals surface area contributed by atoms with Gasteiger partial charge in [-0.25, -0.2) is 4.79 Å². The number of ether oxygens (including phenoxy) is 2. The van der Waals surface area contributed by atoms with E-state index >= 15 is 0 Å². The number of benzene rings is 2. The van der Waals surface area contributed by atoms with E-state index in [2.05, 4.69) is 36.5 Å². The molecule has 1 aliphatic carbocycles. The number of carbonyl (C=O) groups is 1. The second-order valence-electron chi connectivity index (χ2n) is 7.34. The second-order valence-corrected chi connectivity index (χ2v) is 7.34. The van der Waals surface area contributed by atoms with Crippen molar-refractivity contribution in [1.29, 1.82) is 0 Å². The molecule has 3 N–H and O–H groups in total. The summed E-state index contributed by atoms with van der Waals surface area (Å²) in [5.74, 6) is 0.0727. The fourth-order valence-corrected chi connectivity index (χ4v) is 4.24. The highest BCUT2D eigenvalue weighted by atomic mass is 16.5. The Kier molecular flexibility index (Phi) is 5.14. The highest BCUT2D eigenvalue weighted by molar-refractivity contribution is 5.79. The number of fused-ring (bicyclic) bond motifs is 3. The van der Waals surface area contributed by atoms with Crippen LogP contribution in [0.1, 0.15) is 43.2 Å². The van der Waals surface area contributed by atoms with Crippen LogP contribution in [-0.2, 0) is 9.47 Å². The number of nitrogens with two attached hydrogens (primary N) is 1. The van der Waals surface area contributed by atoms with Crippen LogP contribution in [0.25, 0.3) is 11.1 Å². The largest absolute Gasteiger partial charge is 0.449 e. The lowest BCUT2D eigenvalue weighted by Gasteiger charge is -2.33. The van der Waals surface area contributed by atoms with Crippen LogP contribution < -0.4 is 11.1 Å². The van der Waals surface area contributed by atoms with Gasteiger partial charge < -0.3 is 20.5 Å². The topological polar surface area (TPSA) is 73.6 Å². The zero-order valence-corrected chi connectivity index (χ0v) is 15.6. The van der Waals surface area contributed by atoms with Crippen LogP contribution in [0.2, 0.25) is 0 Å². The fourth-order valence-electron chi connectivity index (χ4n) is 4.24. The Morgan fingerprint density at radius 1 is 1.11 bits per heavy atom. The number of carbonyl (C=O) groups excluding carboxylic acids is 1. The van der Waals surface area contributed by atoms with Gasteiger partial charge in [0.25, 0.3) is 0 Å². The minimum atomic E-state index is -0.384. The van der Waals surface area contributed by atoms with E-state index in [1.54, 1.807) is 0 Å². The van der Waals surface area contributed by atoms with E-state index in [9.17, 15) is 4.79 Å². The molecule has 1 aliphatic heterocycles. The van der Waals surface area contributed by atoms with Gasteiger partial charge in [-0.3, -0.25) is 0 Å². The summed E-state index contributed by atoms with van der Waals surface area (Å²) in [5, 5.41) is 2.96. The second kappa shape index (κ2) is 7.71. The third kappa shape index (κ3) is 3.70. The quantitative estimate of drug-likeness (QED) is 0.864. The van der Waals surface area contributed by atoms with Crippen LogP contribution in [0, 0.1) is 0 Å². The summed E-state index contributed by atoms with van der Waals surface area (Å²) in [7, 11) is 0. The summed E-state index contributed by atoms with van der Waals surface area (Å²) >= 11 is 0. The molecular formula is C22H26N2O3. The van der Waals surface area contributed by atoms with Crippen molar-refractivity contribution in [2.45, 2.75) is 50.5 Å². The molecule has 0 spiro atoms. The van der Waals surface area contributed by atoms with Crippen molar-refractivity contribution in [2.24, 2.45) is 5.73 Å². The number of rotatable bonds is 4. The van der Waals surface area contributed by atoms with Gasteiger partial charge in [0, 0.05) is 18.4 Å². The first-order chi connectivity index (χ1) is 13.2. The lowest BCUT2D eigenvalue weighted by molar-refractivity contribution is -0.0583. The molecule has 1 fully saturated rings. The van der Waals surface area contributed by atoms with Gasteiger partial charge in [-0.2, -0.15) is 0 Å². The number of hydrogen-bond acceptors (Lipinski definition) is 4. The molecule has 0 saturated carbocycles. The van der Waals surface area contributed by atoms with Crippen molar-refractivity contribution in [3.8, 4) is 11.1 Å². The Labute approximate surface area is 159 Å². The molecule has 2 aromatic carbocycles. The highest BCUT2D eigenvalue weighted by Crippen LogP contribution is 2.44. The highest BCUT2D eigenvalue weighted by Gasteiger charge is 2.30. The normalized spacial score (nSPS) is 24.1. The molecule has 27 heavy (non-hydrogen) atoms. The molecule has 2 aromatic rings. The molecule has 5 nitrogen and oxygen atoms in total. The van der Waals surface area contributed by atoms with Gasteiger partial charge in [-0.05, 0) is 35.1 Å². The molecule has 0 radical (unpaired) electrons. The molecule has 142 valence electrons. The van der Waals surface area contributed by atoms with Gasteiger partial charge in [-0.15, -0.1) is 0 Å². The van der Waals surface area contributed by atoms with Gasteiger partial charge in [0.15, 0.2) is 0 Å². The first-order valence-electron chi connectivity index (χ1n) is 9.68. The summed E-state index contributed by atoms with van der Waals surface area (Å²) in [5.41, 5.74) is 10.8. The maximum atomic E-state index is 12.4. The van der Waals surface area contributed by atoms with Gasteiger partial charge in [0.1, 0.15) is 12.8 Å². The average Bonchev–Trinajstić information content (AvgIpc) is 3.00. The molecule has 1 saturated heterocycles. The fraction of sp³-hybridized carbons (Fsp3) is 0.409. The maximum absolute atomic E-state index is 12.4. The SMILES string of the molecule is CC[C@@H]1C[C@H](NC(=O)OCC2c3ccccc3-c3ccccc32)C[C@H](N)O1. The van der Waals surface area contributed by atoms with Crippen LogP contribution >= 0.6 is 0 Å². The molecule has 1 amide bonds. The maximum Gasteiger partial charge on any atom is 0.407 e. The Hall–Kier alpha value is -2.37. The van der Waals surface area contributed by atoms with Crippen LogP contribution in [0.15, 0.2) is 48.5 Å². The summed E-state index contributed by atoms with van der Waals surface area (Å²) < 4.78 is 11.3. The van der Waals surface area contributed by atoms with Crippen LogP contribution in [0.4, 0.5) is 4.79 Å². The van der Waals surface area contributed by atoms with Crippen LogP contribution in [-0.4, -0.2) is 31.1 Å². The van der Waals surface area contributed by atoms with E-state index in [1.165, 1.54) is 22.3 Å². The molecule has 5 heteroatoms. The standard InChI is InChI=1S/C22H26N2O3/c1-2-15-11-14(12-21(23)27-15)24-22(25)26-13-20-18-9-5-3-7-16(18)17-8-4-6-10-19(17)20/h3-10,14-15,20-21H,2,11-13,23H2,1H3,(H,24,25)/t14-,15+,21+/m0/s1. The van der Waals surface area contributed by atoms with Gasteiger partial charge >= 0.3 is 6.09 Å². The van der Waals surface area contributed by atoms with Crippen molar-refractivity contribution in [3.63, 3.8) is 0 Å². The Bertz CT molecular complexity index is 777. The molecule has 3 atom stereocenters. The number of amides is 1. The minimum absolute atomic E-state index is 0.00523. The number of nitrogens with one attached hydrogen (secondary N) is 1. The predicted molar refractivity (Wildman–Crippen MR) is 104 cm³/mol. The molecular weight excluding hydrogens is 340 g/mol. The van der Waals surface area contributed by atoms with Crippen molar-refractivity contribution in [3.05, 3.63) is 59.7 Å². The average molecular weight is 366 g/mol. The van der Waals surface area contributed by atoms with E-state index in [0.29, 0.717) is 13.0 Å². The zero-order valence-electron chi connectivity index (χ0n) is 15.6. The summed E-state index contributed by atoms with van der Waals surface area (Å²) in [4.78, 5) is 12.4. The summed E-state index contributed by atoms with van der Waals surface area (Å²) in [6.07, 6.45) is 1.65. The predicted octanol–water partition coefficient (Wildman–Crippen LogP) is 3.77. The van der Waals surface area contributed by atoms with E-state index in [0.717, 1.165) is 12.8 Å². The Morgan fingerprint density at radius 2 is 1.74 bits per heavy atom. The minimum Gasteiger partial charge on any atom is -0.449 e. The Morgan fingerprint density at radius 3 is 2.37 bits per heavy atom. The third-order valence-corrected chi connectivity index (χ3v) is 5.55. The van der Waals surface area contributed by atoms with E-state index in [1.807, 2.05) is 24.3 Å². The van der Waals surface area contributed by atoms with Gasteiger partial charge in [-0.1, -0.05) is 55.5 Å². The van der Waals surface area contributed by atoms with Crippen molar-refractivity contribution in [1.82, 2.24) is 5.32 Å². The third-order valence-electron chi connectivity index (χ3n) is 5.55. The lowest BCUT2D eigenvalue weighted by atomic mass is 9.98. The molecule has 0 bridgehead atoms. The lowest BCUT2D eigenvalue weighted by Crippen LogP contribution is -2.48. The summed E-state index contributed by atoms with van der Waals surface area (Å²) in [6, 6.07) is 16.6. The van der Waals surface area contributed by atoms with Crippen LogP contribution in [0.3, 0.4) is 0 Å². The summed E-state index contributed by atoms with van der Waals surface area (Å²) in [6.45, 7) is 2.39. The number of alkyl carbamates (subject to hydrolysis) is 1. The van der Waals surface area contributed by atoms with E-state index in [4.69, 9.17) is 15.2 Å². The monoisotopic (exact) mass is 366 g/mol. The van der Waals surface area contributed by atoms with Crippen molar-refractivity contribution < 1.29 is 14.3 Å². The zero-order chi connectivity index (χ0) is 18.8. The molecule has 2 aliphatic rings. The first kappa shape index (κ1) is 18.0. The molecule has 0 unspecified atom stereocenters. The van der Waals surface area contributed by atoms with Crippen molar-refractivity contribution in [2.75, 3.05) is 6.61 Å². The van der Waals surface area contributed by atoms with Gasteiger partial charge in [0.05, 0.1) is 6.10 Å². The van der Waals surface area contributed by atoms with Crippen LogP contribution in [0.5, 0.6) is 0 Å². The van der Waals surface area contributed by atoms with Crippen molar-refractivity contribution >= 4 is 6.09 Å². The number of hydrogen-bond donors (Lipinski definition) is 2. The Balaban J connectivity index is 1.41. The first-order valence-corrected chi connectivity index (χ1v) is 9.68.